The van der Waals surface area contributed by atoms with Crippen molar-refractivity contribution in [2.24, 2.45) is 0 Å². The zero-order valence-electron chi connectivity index (χ0n) is 19.5. The summed E-state index contributed by atoms with van der Waals surface area (Å²) in [6, 6.07) is 45.7. The van der Waals surface area contributed by atoms with E-state index in [4.69, 9.17) is 0 Å². The molecule has 0 amide bonds. The van der Waals surface area contributed by atoms with Crippen LogP contribution < -0.4 is 4.57 Å². The van der Waals surface area contributed by atoms with Crippen LogP contribution in [0.25, 0.3) is 0 Å². The van der Waals surface area contributed by atoms with Gasteiger partial charge in [0.2, 0.25) is 0 Å². The second-order valence-corrected chi connectivity index (χ2v) is 8.87. The van der Waals surface area contributed by atoms with Gasteiger partial charge in [0.15, 0.2) is 18.4 Å². The Morgan fingerprint density at radius 1 is 0.412 bits per heavy atom. The van der Waals surface area contributed by atoms with Crippen LogP contribution in [0.15, 0.2) is 134 Å². The van der Waals surface area contributed by atoms with Crippen LogP contribution in [-0.4, -0.2) is 0 Å². The Morgan fingerprint density at radius 3 is 1.38 bits per heavy atom. The lowest BCUT2D eigenvalue weighted by molar-refractivity contribution is -0.695. The standard InChI is InChI=1S/C33H30N/c1-5-13-27(14-6-1)23-31-21-22-34(26-30-19-11-4-12-20-30)33(25-29-17-9-3-10-18-29)32(31)24-28-15-7-2-8-16-28/h1-22H,23-26H2/q+1. The SMILES string of the molecule is c1ccc(Cc2cc[n+](Cc3ccccc3)c(Cc3ccccc3)c2Cc2ccccc2)cc1. The molecule has 0 bridgehead atoms. The minimum Gasteiger partial charge on any atom is -0.198 e. The lowest BCUT2D eigenvalue weighted by Gasteiger charge is -2.15. The van der Waals surface area contributed by atoms with Crippen LogP contribution in [-0.2, 0) is 25.8 Å². The Bertz CT molecular complexity index is 1210. The molecule has 34 heavy (non-hydrogen) atoms. The Balaban J connectivity index is 1.63. The molecule has 0 fully saturated rings. The normalized spacial score (nSPS) is 10.8. The van der Waals surface area contributed by atoms with Gasteiger partial charge in [-0.3, -0.25) is 0 Å². The number of nitrogens with zero attached hydrogens (tertiary/aromatic N) is 1. The Hall–Kier alpha value is -3.97. The van der Waals surface area contributed by atoms with Crippen LogP contribution in [0.2, 0.25) is 0 Å². The third-order valence-corrected chi connectivity index (χ3v) is 6.41. The molecule has 166 valence electrons. The van der Waals surface area contributed by atoms with E-state index in [1.807, 2.05) is 0 Å². The molecular weight excluding hydrogens is 410 g/mol. The van der Waals surface area contributed by atoms with E-state index in [2.05, 4.69) is 138 Å². The van der Waals surface area contributed by atoms with Gasteiger partial charge in [-0.1, -0.05) is 121 Å². The highest BCUT2D eigenvalue weighted by atomic mass is 15.0. The van der Waals surface area contributed by atoms with Crippen molar-refractivity contribution in [3.8, 4) is 0 Å². The Labute approximate surface area is 203 Å². The van der Waals surface area contributed by atoms with Crippen molar-refractivity contribution in [1.29, 1.82) is 0 Å². The lowest BCUT2D eigenvalue weighted by atomic mass is 9.91. The number of benzene rings is 4. The van der Waals surface area contributed by atoms with Crippen molar-refractivity contribution < 1.29 is 4.57 Å². The highest BCUT2D eigenvalue weighted by Crippen LogP contribution is 2.22. The fourth-order valence-electron chi connectivity index (χ4n) is 4.65. The van der Waals surface area contributed by atoms with Gasteiger partial charge in [-0.05, 0) is 28.7 Å². The topological polar surface area (TPSA) is 3.88 Å². The fourth-order valence-corrected chi connectivity index (χ4v) is 4.65. The number of pyridine rings is 1. The van der Waals surface area contributed by atoms with Gasteiger partial charge in [-0.2, -0.15) is 4.57 Å². The zero-order valence-corrected chi connectivity index (χ0v) is 19.5. The van der Waals surface area contributed by atoms with Crippen molar-refractivity contribution in [2.45, 2.75) is 25.8 Å². The molecule has 5 aromatic rings. The van der Waals surface area contributed by atoms with Crippen LogP contribution in [0, 0.1) is 0 Å². The molecule has 1 heterocycles. The summed E-state index contributed by atoms with van der Waals surface area (Å²) < 4.78 is 2.45. The Morgan fingerprint density at radius 2 is 0.853 bits per heavy atom. The molecule has 0 saturated heterocycles. The monoisotopic (exact) mass is 440 g/mol. The minimum atomic E-state index is 0.871. The second-order valence-electron chi connectivity index (χ2n) is 8.87. The molecule has 0 N–H and O–H groups in total. The van der Waals surface area contributed by atoms with Gasteiger partial charge < -0.3 is 0 Å². The first kappa shape index (κ1) is 21.9. The van der Waals surface area contributed by atoms with E-state index < -0.39 is 0 Å². The van der Waals surface area contributed by atoms with Gasteiger partial charge in [-0.15, -0.1) is 0 Å². The maximum absolute atomic E-state index is 2.45. The molecule has 0 aliphatic heterocycles. The predicted molar refractivity (Wildman–Crippen MR) is 140 cm³/mol. The first-order valence-corrected chi connectivity index (χ1v) is 12.0. The van der Waals surface area contributed by atoms with Gasteiger partial charge in [0.05, 0.1) is 6.42 Å². The molecule has 0 aliphatic rings. The maximum Gasteiger partial charge on any atom is 0.189 e. The van der Waals surface area contributed by atoms with E-state index >= 15 is 0 Å². The van der Waals surface area contributed by atoms with Crippen molar-refractivity contribution in [3.63, 3.8) is 0 Å². The molecule has 1 aromatic heterocycles. The van der Waals surface area contributed by atoms with Crippen LogP contribution >= 0.6 is 0 Å². The van der Waals surface area contributed by atoms with E-state index in [9.17, 15) is 0 Å². The average molecular weight is 441 g/mol. The van der Waals surface area contributed by atoms with Crippen LogP contribution in [0.3, 0.4) is 0 Å². The summed E-state index contributed by atoms with van der Waals surface area (Å²) in [5.74, 6) is 0. The molecule has 0 aliphatic carbocycles. The van der Waals surface area contributed by atoms with Crippen LogP contribution in [0.1, 0.15) is 39.1 Å². The maximum atomic E-state index is 2.45. The van der Waals surface area contributed by atoms with Gasteiger partial charge in [0, 0.05) is 23.6 Å². The number of hydrogen-bond acceptors (Lipinski definition) is 0. The molecule has 0 saturated carbocycles. The summed E-state index contributed by atoms with van der Waals surface area (Å²) in [7, 11) is 0. The predicted octanol–water partition coefficient (Wildman–Crippen LogP) is 6.79. The quantitative estimate of drug-likeness (QED) is 0.234. The summed E-state index contributed by atoms with van der Waals surface area (Å²) in [5.41, 5.74) is 9.61. The fraction of sp³-hybridized carbons (Fsp3) is 0.121. The molecule has 0 radical (unpaired) electrons. The number of aromatic nitrogens is 1. The van der Waals surface area contributed by atoms with Crippen LogP contribution in [0.5, 0.6) is 0 Å². The second kappa shape index (κ2) is 10.8. The molecule has 5 rings (SSSR count). The van der Waals surface area contributed by atoms with E-state index in [0.717, 1.165) is 25.8 Å². The Kier molecular flexibility index (Phi) is 6.92. The van der Waals surface area contributed by atoms with Crippen molar-refractivity contribution >= 4 is 0 Å². The highest BCUT2D eigenvalue weighted by Gasteiger charge is 2.21. The van der Waals surface area contributed by atoms with E-state index in [-0.39, 0.29) is 0 Å². The van der Waals surface area contributed by atoms with Gasteiger partial charge in [-0.25, -0.2) is 0 Å². The van der Waals surface area contributed by atoms with Gasteiger partial charge >= 0.3 is 0 Å². The van der Waals surface area contributed by atoms with E-state index in [1.54, 1.807) is 0 Å². The summed E-state index contributed by atoms with van der Waals surface area (Å²) in [6.45, 7) is 0.871. The molecule has 0 spiro atoms. The summed E-state index contributed by atoms with van der Waals surface area (Å²) >= 11 is 0. The third-order valence-electron chi connectivity index (χ3n) is 6.41. The van der Waals surface area contributed by atoms with Gasteiger partial charge in [0.25, 0.3) is 0 Å². The smallest absolute Gasteiger partial charge is 0.189 e. The number of hydrogen-bond donors (Lipinski definition) is 0. The van der Waals surface area contributed by atoms with Crippen LogP contribution in [0.4, 0.5) is 0 Å². The molecular formula is C33H30N+. The summed E-state index contributed by atoms with van der Waals surface area (Å²) in [6.07, 6.45) is 5.08. The molecule has 0 atom stereocenters. The lowest BCUT2D eigenvalue weighted by Crippen LogP contribution is -2.40. The number of rotatable bonds is 8. The molecule has 4 aromatic carbocycles. The molecule has 1 heteroatoms. The minimum absolute atomic E-state index is 0.871. The summed E-state index contributed by atoms with van der Waals surface area (Å²) in [5, 5.41) is 0. The average Bonchev–Trinajstić information content (AvgIpc) is 2.90. The van der Waals surface area contributed by atoms with Crippen molar-refractivity contribution in [1.82, 2.24) is 0 Å². The molecule has 0 unspecified atom stereocenters. The first-order valence-electron chi connectivity index (χ1n) is 12.0. The molecule has 1 nitrogen and oxygen atoms in total. The summed E-state index contributed by atoms with van der Waals surface area (Å²) in [4.78, 5) is 0. The largest absolute Gasteiger partial charge is 0.198 e. The van der Waals surface area contributed by atoms with Crippen molar-refractivity contribution in [3.05, 3.63) is 173 Å². The zero-order chi connectivity index (χ0) is 23.0. The highest BCUT2D eigenvalue weighted by molar-refractivity contribution is 5.39. The first-order chi connectivity index (χ1) is 16.8. The van der Waals surface area contributed by atoms with Crippen molar-refractivity contribution in [2.75, 3.05) is 0 Å². The van der Waals surface area contributed by atoms with Gasteiger partial charge in [0.1, 0.15) is 0 Å². The van der Waals surface area contributed by atoms with E-state index in [0.29, 0.717) is 0 Å². The van der Waals surface area contributed by atoms with E-state index in [1.165, 1.54) is 39.1 Å². The third kappa shape index (κ3) is 5.50.